The highest BCUT2D eigenvalue weighted by Crippen LogP contribution is 2.32. The Morgan fingerprint density at radius 1 is 1.26 bits per heavy atom. The fourth-order valence-corrected chi connectivity index (χ4v) is 4.09. The predicted octanol–water partition coefficient (Wildman–Crippen LogP) is 1.79. The molecule has 0 aromatic heterocycles. The van der Waals surface area contributed by atoms with Gasteiger partial charge in [-0.2, -0.15) is 0 Å². The Balaban J connectivity index is 0.00000264. The summed E-state index contributed by atoms with van der Waals surface area (Å²) in [6.07, 6.45) is 3.12. The molecule has 1 atom stereocenters. The first-order valence-electron chi connectivity index (χ1n) is 7.50. The van der Waals surface area contributed by atoms with E-state index in [-0.39, 0.29) is 28.8 Å². The minimum atomic E-state index is -3.67. The quantitative estimate of drug-likeness (QED) is 0.771. The van der Waals surface area contributed by atoms with Gasteiger partial charge in [0.2, 0.25) is 10.0 Å². The van der Waals surface area contributed by atoms with Crippen LogP contribution >= 0.6 is 12.4 Å². The third-order valence-corrected chi connectivity index (χ3v) is 5.42. The molecule has 132 valence electrons. The van der Waals surface area contributed by atoms with Gasteiger partial charge in [-0.15, -0.1) is 12.4 Å². The number of hydrogen-bond acceptors (Lipinski definition) is 5. The van der Waals surface area contributed by atoms with Crippen molar-refractivity contribution in [2.75, 3.05) is 33.9 Å². The van der Waals surface area contributed by atoms with Gasteiger partial charge in [0.15, 0.2) is 4.90 Å². The second kappa shape index (κ2) is 9.32. The van der Waals surface area contributed by atoms with Crippen molar-refractivity contribution in [3.8, 4) is 11.5 Å². The maximum absolute atomic E-state index is 12.5. The van der Waals surface area contributed by atoms with E-state index in [1.54, 1.807) is 18.2 Å². The van der Waals surface area contributed by atoms with Gasteiger partial charge >= 0.3 is 0 Å². The lowest BCUT2D eigenvalue weighted by Gasteiger charge is -2.22. The van der Waals surface area contributed by atoms with E-state index in [1.165, 1.54) is 14.2 Å². The van der Waals surface area contributed by atoms with Crippen molar-refractivity contribution >= 4 is 22.4 Å². The molecule has 0 radical (unpaired) electrons. The van der Waals surface area contributed by atoms with Gasteiger partial charge < -0.3 is 14.8 Å². The summed E-state index contributed by atoms with van der Waals surface area (Å²) >= 11 is 0. The van der Waals surface area contributed by atoms with Crippen LogP contribution in [0.4, 0.5) is 0 Å². The minimum Gasteiger partial charge on any atom is -0.495 e. The molecule has 0 amide bonds. The van der Waals surface area contributed by atoms with E-state index in [4.69, 9.17) is 9.47 Å². The molecule has 8 heteroatoms. The summed E-state index contributed by atoms with van der Waals surface area (Å²) in [5.74, 6) is 1.09. The number of rotatable bonds is 7. The van der Waals surface area contributed by atoms with Crippen LogP contribution in [0.1, 0.15) is 19.3 Å². The first-order chi connectivity index (χ1) is 10.6. The van der Waals surface area contributed by atoms with Crippen molar-refractivity contribution in [1.29, 1.82) is 0 Å². The van der Waals surface area contributed by atoms with Gasteiger partial charge in [-0.25, -0.2) is 13.1 Å². The third-order valence-electron chi connectivity index (χ3n) is 3.89. The zero-order chi connectivity index (χ0) is 16.0. The summed E-state index contributed by atoms with van der Waals surface area (Å²) in [7, 11) is -0.775. The number of nitrogens with one attached hydrogen (secondary N) is 2. The van der Waals surface area contributed by atoms with Crippen LogP contribution in [0.3, 0.4) is 0 Å². The van der Waals surface area contributed by atoms with E-state index in [1.807, 2.05) is 0 Å². The summed E-state index contributed by atoms with van der Waals surface area (Å²) in [5, 5.41) is 3.33. The highest BCUT2D eigenvalue weighted by atomic mass is 35.5. The van der Waals surface area contributed by atoms with Crippen LogP contribution in [-0.2, 0) is 10.0 Å². The fourth-order valence-electron chi connectivity index (χ4n) is 2.72. The topological polar surface area (TPSA) is 76.7 Å². The Kier molecular flexibility index (Phi) is 8.11. The maximum atomic E-state index is 12.5. The highest BCUT2D eigenvalue weighted by molar-refractivity contribution is 7.89. The number of benzene rings is 1. The number of halogens is 1. The highest BCUT2D eigenvalue weighted by Gasteiger charge is 2.24. The van der Waals surface area contributed by atoms with Crippen LogP contribution in [0.5, 0.6) is 11.5 Å². The second-order valence-corrected chi connectivity index (χ2v) is 7.09. The lowest BCUT2D eigenvalue weighted by Crippen LogP contribution is -2.33. The molecule has 1 aromatic rings. The maximum Gasteiger partial charge on any atom is 0.247 e. The van der Waals surface area contributed by atoms with Crippen molar-refractivity contribution in [2.24, 2.45) is 5.92 Å². The summed E-state index contributed by atoms with van der Waals surface area (Å²) < 4.78 is 38.1. The zero-order valence-corrected chi connectivity index (χ0v) is 15.1. The molecule has 1 heterocycles. The molecule has 0 bridgehead atoms. The molecule has 1 aliphatic heterocycles. The molecule has 1 unspecified atom stereocenters. The number of hydrogen-bond donors (Lipinski definition) is 2. The molecule has 0 aliphatic carbocycles. The van der Waals surface area contributed by atoms with Gasteiger partial charge in [-0.1, -0.05) is 6.07 Å². The Bertz CT molecular complexity index is 567. The van der Waals surface area contributed by atoms with E-state index >= 15 is 0 Å². The molecule has 1 aliphatic rings. The van der Waals surface area contributed by atoms with E-state index in [0.29, 0.717) is 12.5 Å². The van der Waals surface area contributed by atoms with Gasteiger partial charge in [0.25, 0.3) is 0 Å². The molecule has 1 aromatic carbocycles. The lowest BCUT2D eigenvalue weighted by molar-refractivity contribution is 0.357. The molecule has 2 rings (SSSR count). The molecular weight excluding hydrogens is 340 g/mol. The molecule has 1 fully saturated rings. The monoisotopic (exact) mass is 364 g/mol. The Hall–Kier alpha value is -1.02. The molecule has 0 spiro atoms. The smallest absolute Gasteiger partial charge is 0.247 e. The van der Waals surface area contributed by atoms with Crippen LogP contribution < -0.4 is 19.5 Å². The normalized spacial score (nSPS) is 18.1. The average molecular weight is 365 g/mol. The minimum absolute atomic E-state index is 0. The first-order valence-corrected chi connectivity index (χ1v) is 8.98. The van der Waals surface area contributed by atoms with Crippen molar-refractivity contribution < 1.29 is 17.9 Å². The van der Waals surface area contributed by atoms with Gasteiger partial charge in [-0.3, -0.25) is 0 Å². The SMILES string of the molecule is COc1cccc(OC)c1S(=O)(=O)NCCC1CCCNC1.Cl. The van der Waals surface area contributed by atoms with Crippen LogP contribution in [0.15, 0.2) is 23.1 Å². The van der Waals surface area contributed by atoms with Crippen molar-refractivity contribution in [1.82, 2.24) is 10.0 Å². The van der Waals surface area contributed by atoms with Crippen LogP contribution in [-0.4, -0.2) is 42.3 Å². The van der Waals surface area contributed by atoms with Gasteiger partial charge in [-0.05, 0) is 50.4 Å². The van der Waals surface area contributed by atoms with Crippen LogP contribution in [0.25, 0.3) is 0 Å². The summed E-state index contributed by atoms with van der Waals surface area (Å²) in [6, 6.07) is 4.93. The summed E-state index contributed by atoms with van der Waals surface area (Å²) in [5.41, 5.74) is 0. The van der Waals surface area contributed by atoms with Crippen molar-refractivity contribution in [3.63, 3.8) is 0 Å². The number of methoxy groups -OCH3 is 2. The zero-order valence-electron chi connectivity index (χ0n) is 13.5. The van der Waals surface area contributed by atoms with Crippen LogP contribution in [0.2, 0.25) is 0 Å². The number of piperidine rings is 1. The number of ether oxygens (including phenoxy) is 2. The third kappa shape index (κ3) is 5.24. The standard InChI is InChI=1S/C15H24N2O4S.ClH/c1-20-13-6-3-7-14(21-2)15(13)22(18,19)17-10-8-12-5-4-9-16-11-12;/h3,6-7,12,16-17H,4-5,8-11H2,1-2H3;1H. The Morgan fingerprint density at radius 2 is 1.91 bits per heavy atom. The molecule has 6 nitrogen and oxygen atoms in total. The van der Waals surface area contributed by atoms with Crippen molar-refractivity contribution in [3.05, 3.63) is 18.2 Å². The molecule has 23 heavy (non-hydrogen) atoms. The Morgan fingerprint density at radius 3 is 2.43 bits per heavy atom. The van der Waals surface area contributed by atoms with E-state index in [0.717, 1.165) is 32.4 Å². The lowest BCUT2D eigenvalue weighted by atomic mass is 9.96. The summed E-state index contributed by atoms with van der Waals surface area (Å²) in [4.78, 5) is 0.0572. The fraction of sp³-hybridized carbons (Fsp3) is 0.600. The summed E-state index contributed by atoms with van der Waals surface area (Å²) in [6.45, 7) is 2.43. The predicted molar refractivity (Wildman–Crippen MR) is 92.2 cm³/mol. The van der Waals surface area contributed by atoms with Gasteiger partial charge in [0.05, 0.1) is 14.2 Å². The molecular formula is C15H25ClN2O4S. The number of sulfonamides is 1. The second-order valence-electron chi connectivity index (χ2n) is 5.39. The van der Waals surface area contributed by atoms with Gasteiger partial charge in [0.1, 0.15) is 11.5 Å². The van der Waals surface area contributed by atoms with E-state index < -0.39 is 10.0 Å². The van der Waals surface area contributed by atoms with Crippen molar-refractivity contribution in [2.45, 2.75) is 24.2 Å². The van der Waals surface area contributed by atoms with E-state index in [2.05, 4.69) is 10.0 Å². The molecule has 2 N–H and O–H groups in total. The van der Waals surface area contributed by atoms with E-state index in [9.17, 15) is 8.42 Å². The average Bonchev–Trinajstić information content (AvgIpc) is 2.54. The van der Waals surface area contributed by atoms with Crippen LogP contribution in [0, 0.1) is 5.92 Å². The first kappa shape index (κ1) is 20.0. The largest absolute Gasteiger partial charge is 0.495 e. The van der Waals surface area contributed by atoms with Gasteiger partial charge in [0, 0.05) is 6.54 Å². The molecule has 0 saturated carbocycles. The Labute approximate surface area is 144 Å². The molecule has 1 saturated heterocycles.